The zero-order chi connectivity index (χ0) is 23.8. The molecule has 34 heavy (non-hydrogen) atoms. The van der Waals surface area contributed by atoms with Crippen LogP contribution in [0.2, 0.25) is 0 Å². The Morgan fingerprint density at radius 2 is 1.50 bits per heavy atom. The van der Waals surface area contributed by atoms with Crippen molar-refractivity contribution in [2.45, 2.75) is 44.4 Å². The van der Waals surface area contributed by atoms with E-state index in [4.69, 9.17) is 14.2 Å². The molecule has 0 saturated heterocycles. The van der Waals surface area contributed by atoms with Gasteiger partial charge in [0.15, 0.2) is 23.1 Å². The Hall–Kier alpha value is -3.74. The van der Waals surface area contributed by atoms with Gasteiger partial charge in [0.25, 0.3) is 0 Å². The molecular formula is C27H23FO6. The van der Waals surface area contributed by atoms with Gasteiger partial charge < -0.3 is 14.2 Å². The summed E-state index contributed by atoms with van der Waals surface area (Å²) >= 11 is 0. The number of methoxy groups -OCH3 is 1. The van der Waals surface area contributed by atoms with Gasteiger partial charge in [-0.2, -0.15) is 0 Å². The Labute approximate surface area is 196 Å². The maximum absolute atomic E-state index is 13.2. The van der Waals surface area contributed by atoms with Crippen LogP contribution in [0.25, 0.3) is 0 Å². The summed E-state index contributed by atoms with van der Waals surface area (Å²) in [5, 5.41) is 0. The highest BCUT2D eigenvalue weighted by Crippen LogP contribution is 2.48. The van der Waals surface area contributed by atoms with Crippen molar-refractivity contribution in [3.05, 3.63) is 82.1 Å². The molecule has 3 aliphatic rings. The lowest BCUT2D eigenvalue weighted by Crippen LogP contribution is -2.30. The fourth-order valence-electron chi connectivity index (χ4n) is 4.84. The first kappa shape index (κ1) is 22.1. The Morgan fingerprint density at radius 1 is 0.882 bits per heavy atom. The second-order valence-corrected chi connectivity index (χ2v) is 8.57. The maximum Gasteiger partial charge on any atom is 0.343 e. The molecule has 0 bridgehead atoms. The van der Waals surface area contributed by atoms with Gasteiger partial charge in [-0.05, 0) is 54.8 Å². The number of ketones is 2. The Kier molecular flexibility index (Phi) is 5.77. The molecule has 0 N–H and O–H groups in total. The summed E-state index contributed by atoms with van der Waals surface area (Å²) in [6.07, 6.45) is 3.60. The molecule has 1 heterocycles. The van der Waals surface area contributed by atoms with E-state index >= 15 is 0 Å². The third-order valence-electron chi connectivity index (χ3n) is 6.44. The number of halogens is 1. The van der Waals surface area contributed by atoms with Crippen LogP contribution in [0.3, 0.4) is 0 Å². The molecule has 0 saturated carbocycles. The van der Waals surface area contributed by atoms with Crippen molar-refractivity contribution in [2.75, 3.05) is 7.11 Å². The smallest absolute Gasteiger partial charge is 0.343 e. The Morgan fingerprint density at radius 3 is 2.09 bits per heavy atom. The largest absolute Gasteiger partial charge is 0.493 e. The predicted octanol–water partition coefficient (Wildman–Crippen LogP) is 5.18. The van der Waals surface area contributed by atoms with Crippen LogP contribution < -0.4 is 9.47 Å². The molecule has 0 unspecified atom stereocenters. The van der Waals surface area contributed by atoms with Crippen LogP contribution in [0, 0.1) is 5.82 Å². The van der Waals surface area contributed by atoms with Gasteiger partial charge in [-0.1, -0.05) is 6.07 Å². The minimum atomic E-state index is -0.656. The molecular weight excluding hydrogens is 439 g/mol. The van der Waals surface area contributed by atoms with Crippen molar-refractivity contribution < 1.29 is 33.0 Å². The van der Waals surface area contributed by atoms with Crippen LogP contribution >= 0.6 is 0 Å². The van der Waals surface area contributed by atoms with Gasteiger partial charge in [-0.25, -0.2) is 9.18 Å². The van der Waals surface area contributed by atoms with Crippen molar-refractivity contribution in [3.63, 3.8) is 0 Å². The van der Waals surface area contributed by atoms with Crippen LogP contribution in [0.15, 0.2) is 65.1 Å². The molecule has 0 aromatic heterocycles. The van der Waals surface area contributed by atoms with Crippen LogP contribution in [0.1, 0.15) is 60.4 Å². The number of allylic oxidation sites excluding steroid dienone is 4. The fraction of sp³-hybridized carbons (Fsp3) is 0.296. The van der Waals surface area contributed by atoms with E-state index in [0.29, 0.717) is 53.9 Å². The monoisotopic (exact) mass is 462 g/mol. The van der Waals surface area contributed by atoms with Crippen LogP contribution in [-0.4, -0.2) is 24.6 Å². The number of hydrogen-bond donors (Lipinski definition) is 0. The van der Waals surface area contributed by atoms with E-state index in [0.717, 1.165) is 12.8 Å². The molecule has 7 heteroatoms. The normalized spacial score (nSPS) is 18.3. The fourth-order valence-corrected chi connectivity index (χ4v) is 4.84. The summed E-state index contributed by atoms with van der Waals surface area (Å²) in [5.41, 5.74) is 1.98. The number of benzene rings is 2. The lowest BCUT2D eigenvalue weighted by Gasteiger charge is -2.36. The van der Waals surface area contributed by atoms with Gasteiger partial charge in [-0.15, -0.1) is 0 Å². The van der Waals surface area contributed by atoms with Crippen LogP contribution in [-0.2, 0) is 14.3 Å². The first-order chi connectivity index (χ1) is 16.5. The van der Waals surface area contributed by atoms with Gasteiger partial charge in [0.05, 0.1) is 12.7 Å². The van der Waals surface area contributed by atoms with Gasteiger partial charge in [0.1, 0.15) is 17.3 Å². The van der Waals surface area contributed by atoms with Crippen molar-refractivity contribution in [1.29, 1.82) is 0 Å². The first-order valence-electron chi connectivity index (χ1n) is 11.3. The second-order valence-electron chi connectivity index (χ2n) is 8.57. The van der Waals surface area contributed by atoms with Gasteiger partial charge in [-0.3, -0.25) is 9.59 Å². The topological polar surface area (TPSA) is 78.9 Å². The number of ether oxygens (including phenoxy) is 3. The van der Waals surface area contributed by atoms with E-state index < -0.39 is 17.7 Å². The molecule has 174 valence electrons. The highest BCUT2D eigenvalue weighted by Gasteiger charge is 2.42. The zero-order valence-electron chi connectivity index (χ0n) is 18.7. The van der Waals surface area contributed by atoms with E-state index in [-0.39, 0.29) is 28.6 Å². The number of esters is 1. The SMILES string of the molecule is COc1cc(C2C3=C(CCCC3=O)OC3=C2C(=O)CCC3)ccc1OC(=O)c1ccc(F)cc1. The van der Waals surface area contributed by atoms with E-state index in [2.05, 4.69) is 0 Å². The van der Waals surface area contributed by atoms with Crippen molar-refractivity contribution >= 4 is 17.5 Å². The average molecular weight is 462 g/mol. The highest BCUT2D eigenvalue weighted by atomic mass is 19.1. The molecule has 0 fully saturated rings. The van der Waals surface area contributed by atoms with Gasteiger partial charge in [0.2, 0.25) is 0 Å². The summed E-state index contributed by atoms with van der Waals surface area (Å²) in [6, 6.07) is 10.1. The number of hydrogen-bond acceptors (Lipinski definition) is 6. The first-order valence-corrected chi connectivity index (χ1v) is 11.3. The van der Waals surface area contributed by atoms with Gasteiger partial charge in [0, 0.05) is 42.7 Å². The third-order valence-corrected chi connectivity index (χ3v) is 6.44. The minimum absolute atomic E-state index is 0.0121. The lowest BCUT2D eigenvalue weighted by atomic mass is 9.73. The second kappa shape index (κ2) is 8.89. The molecule has 0 atom stereocenters. The van der Waals surface area contributed by atoms with Crippen LogP contribution in [0.5, 0.6) is 11.5 Å². The maximum atomic E-state index is 13.2. The number of carbonyl (C=O) groups excluding carboxylic acids is 3. The third kappa shape index (κ3) is 3.91. The molecule has 6 nitrogen and oxygen atoms in total. The van der Waals surface area contributed by atoms with Crippen molar-refractivity contribution in [3.8, 4) is 11.5 Å². The summed E-state index contributed by atoms with van der Waals surface area (Å²) in [5.74, 6) is 0.111. The molecule has 2 aromatic carbocycles. The summed E-state index contributed by atoms with van der Waals surface area (Å²) in [6.45, 7) is 0. The van der Waals surface area contributed by atoms with E-state index in [1.807, 2.05) is 0 Å². The number of rotatable bonds is 4. The average Bonchev–Trinajstić information content (AvgIpc) is 2.84. The quantitative estimate of drug-likeness (QED) is 0.460. The van der Waals surface area contributed by atoms with E-state index in [9.17, 15) is 18.8 Å². The molecule has 5 rings (SSSR count). The van der Waals surface area contributed by atoms with Crippen molar-refractivity contribution in [2.24, 2.45) is 0 Å². The Bertz CT molecular complexity index is 1210. The molecule has 1 aliphatic heterocycles. The summed E-state index contributed by atoms with van der Waals surface area (Å²) in [4.78, 5) is 38.4. The highest BCUT2D eigenvalue weighted by molar-refractivity contribution is 6.05. The number of Topliss-reactive ketones (excluding diaryl/α,β-unsaturated/α-hetero) is 2. The van der Waals surface area contributed by atoms with Gasteiger partial charge >= 0.3 is 5.97 Å². The molecule has 2 aromatic rings. The molecule has 0 radical (unpaired) electrons. The van der Waals surface area contributed by atoms with Crippen molar-refractivity contribution in [1.82, 2.24) is 0 Å². The molecule has 0 spiro atoms. The summed E-state index contributed by atoms with van der Waals surface area (Å²) in [7, 11) is 1.45. The predicted molar refractivity (Wildman–Crippen MR) is 120 cm³/mol. The molecule has 2 aliphatic carbocycles. The van der Waals surface area contributed by atoms with E-state index in [1.165, 1.54) is 31.4 Å². The zero-order valence-corrected chi connectivity index (χ0v) is 18.7. The van der Waals surface area contributed by atoms with Crippen LogP contribution in [0.4, 0.5) is 4.39 Å². The Balaban J connectivity index is 1.53. The van der Waals surface area contributed by atoms with E-state index in [1.54, 1.807) is 18.2 Å². The molecule has 0 amide bonds. The minimum Gasteiger partial charge on any atom is -0.493 e. The lowest BCUT2D eigenvalue weighted by molar-refractivity contribution is -0.117. The summed E-state index contributed by atoms with van der Waals surface area (Å²) < 4.78 is 30.2. The number of carbonyl (C=O) groups is 3. The standard InChI is InChI=1S/C27H23FO6/c1-32-23-14-16(10-13-20(23)34-27(31)15-8-11-17(28)12-9-15)24-25-18(29)4-2-6-21(25)33-22-7-3-5-19(30)26(22)24/h8-14,24H,2-7H2,1H3.